The molecule has 8 heteroatoms. The van der Waals surface area contributed by atoms with Crippen molar-refractivity contribution in [2.24, 2.45) is 0 Å². The van der Waals surface area contributed by atoms with Crippen LogP contribution in [0.3, 0.4) is 0 Å². The fraction of sp³-hybridized carbons (Fsp3) is 0.286. The van der Waals surface area contributed by atoms with Gasteiger partial charge in [-0.05, 0) is 6.07 Å². The van der Waals surface area contributed by atoms with Crippen LogP contribution in [0.15, 0.2) is 12.3 Å². The molecular weight excluding hydrogens is 240 g/mol. The zero-order chi connectivity index (χ0) is 10.8. The van der Waals surface area contributed by atoms with E-state index in [1.807, 2.05) is 0 Å². The van der Waals surface area contributed by atoms with Crippen molar-refractivity contribution in [1.29, 1.82) is 0 Å². The predicted octanol–water partition coefficient (Wildman–Crippen LogP) is -3.21. The van der Waals surface area contributed by atoms with Crippen molar-refractivity contribution in [3.05, 3.63) is 23.5 Å². The summed E-state index contributed by atoms with van der Waals surface area (Å²) in [6, 6.07) is 0.672. The number of halogens is 3. The minimum Gasteiger partial charge on any atom is -0.550 e. The SMILES string of the molecule is O=C([O-])Cc1nnccc1C(F)(F)F.[K+]. The van der Waals surface area contributed by atoms with Crippen LogP contribution in [0.25, 0.3) is 0 Å². The van der Waals surface area contributed by atoms with Gasteiger partial charge in [0.15, 0.2) is 0 Å². The fourth-order valence-electron chi connectivity index (χ4n) is 0.886. The molecule has 0 aliphatic rings. The van der Waals surface area contributed by atoms with Crippen molar-refractivity contribution in [3.8, 4) is 0 Å². The zero-order valence-electron chi connectivity index (χ0n) is 7.71. The van der Waals surface area contributed by atoms with Crippen molar-refractivity contribution >= 4 is 5.97 Å². The maximum absolute atomic E-state index is 12.2. The average molecular weight is 244 g/mol. The first-order valence-electron chi connectivity index (χ1n) is 3.49. The molecule has 76 valence electrons. The summed E-state index contributed by atoms with van der Waals surface area (Å²) in [4.78, 5) is 10.1. The molecule has 4 nitrogen and oxygen atoms in total. The Morgan fingerprint density at radius 2 is 2.07 bits per heavy atom. The van der Waals surface area contributed by atoms with Crippen LogP contribution in [-0.4, -0.2) is 16.2 Å². The Bertz CT molecular complexity index is 356. The predicted molar refractivity (Wildman–Crippen MR) is 35.7 cm³/mol. The van der Waals surface area contributed by atoms with E-state index >= 15 is 0 Å². The first kappa shape index (κ1) is 15.0. The number of alkyl halides is 3. The number of hydrogen-bond acceptors (Lipinski definition) is 4. The number of carbonyl (C=O) groups is 1. The van der Waals surface area contributed by atoms with Crippen LogP contribution < -0.4 is 56.5 Å². The molecule has 0 saturated carbocycles. The number of nitrogens with zero attached hydrogens (tertiary/aromatic N) is 2. The first-order valence-corrected chi connectivity index (χ1v) is 3.49. The molecule has 0 saturated heterocycles. The summed E-state index contributed by atoms with van der Waals surface area (Å²) in [6.07, 6.45) is -4.68. The van der Waals surface area contributed by atoms with Gasteiger partial charge in [0.25, 0.3) is 0 Å². The monoisotopic (exact) mass is 244 g/mol. The van der Waals surface area contributed by atoms with Gasteiger partial charge in [-0.25, -0.2) is 0 Å². The topological polar surface area (TPSA) is 65.9 Å². The van der Waals surface area contributed by atoms with Gasteiger partial charge in [-0.15, -0.1) is 0 Å². The van der Waals surface area contributed by atoms with Gasteiger partial charge in [0.05, 0.1) is 17.5 Å². The maximum Gasteiger partial charge on any atom is 1.00 e. The summed E-state index contributed by atoms with van der Waals surface area (Å²) in [5, 5.41) is 16.4. The molecule has 0 unspecified atom stereocenters. The molecule has 0 aliphatic carbocycles. The van der Waals surface area contributed by atoms with E-state index in [1.54, 1.807) is 0 Å². The van der Waals surface area contributed by atoms with Crippen LogP contribution in [-0.2, 0) is 17.4 Å². The van der Waals surface area contributed by atoms with Crippen molar-refractivity contribution in [2.75, 3.05) is 0 Å². The molecule has 0 amide bonds. The number of aromatic nitrogens is 2. The Hall–Kier alpha value is -0.0236. The number of carbonyl (C=O) groups excluding carboxylic acids is 1. The van der Waals surface area contributed by atoms with E-state index in [0.29, 0.717) is 6.07 Å². The summed E-state index contributed by atoms with van der Waals surface area (Å²) in [6.45, 7) is 0. The molecular formula is C7H4F3KN2O2. The molecule has 15 heavy (non-hydrogen) atoms. The Morgan fingerprint density at radius 1 is 1.47 bits per heavy atom. The van der Waals surface area contributed by atoms with Gasteiger partial charge in [-0.3, -0.25) is 0 Å². The van der Waals surface area contributed by atoms with Crippen LogP contribution in [0.4, 0.5) is 13.2 Å². The van der Waals surface area contributed by atoms with Gasteiger partial charge in [-0.1, -0.05) is 0 Å². The second kappa shape index (κ2) is 5.90. The minimum atomic E-state index is -4.62. The molecule has 0 aromatic carbocycles. The van der Waals surface area contributed by atoms with Gasteiger partial charge < -0.3 is 9.90 Å². The van der Waals surface area contributed by atoms with Crippen LogP contribution in [0.5, 0.6) is 0 Å². The largest absolute Gasteiger partial charge is 1.00 e. The standard InChI is InChI=1S/C7H5F3N2O2.K/c8-7(9,10)4-1-2-11-12-5(4)3-6(13)14;/h1-2H,3H2,(H,13,14);/q;+1/p-1. The summed E-state index contributed by atoms with van der Waals surface area (Å²) in [7, 11) is 0. The second-order valence-electron chi connectivity index (χ2n) is 2.44. The molecule has 1 heterocycles. The number of rotatable bonds is 2. The third kappa shape index (κ3) is 4.56. The van der Waals surface area contributed by atoms with Gasteiger partial charge in [-0.2, -0.15) is 23.4 Å². The Balaban J connectivity index is 0.00000196. The number of hydrogen-bond donors (Lipinski definition) is 0. The van der Waals surface area contributed by atoms with Crippen molar-refractivity contribution < 1.29 is 74.5 Å². The zero-order valence-corrected chi connectivity index (χ0v) is 10.8. The van der Waals surface area contributed by atoms with Crippen LogP contribution in [0.1, 0.15) is 11.3 Å². The average Bonchev–Trinajstić information content (AvgIpc) is 2.01. The molecule has 0 radical (unpaired) electrons. The molecule has 0 N–H and O–H groups in total. The normalized spacial score (nSPS) is 10.6. The van der Waals surface area contributed by atoms with E-state index in [-0.39, 0.29) is 51.4 Å². The molecule has 1 rings (SSSR count). The van der Waals surface area contributed by atoms with Crippen LogP contribution in [0, 0.1) is 0 Å². The molecule has 1 aromatic rings. The summed E-state index contributed by atoms with van der Waals surface area (Å²) in [5.74, 6) is -1.63. The van der Waals surface area contributed by atoms with E-state index in [2.05, 4.69) is 10.2 Å². The number of carboxylic acid groups (broad SMARTS) is 1. The molecule has 0 spiro atoms. The summed E-state index contributed by atoms with van der Waals surface area (Å²) >= 11 is 0. The molecule has 0 atom stereocenters. The van der Waals surface area contributed by atoms with Gasteiger partial charge in [0.1, 0.15) is 0 Å². The van der Waals surface area contributed by atoms with E-state index in [9.17, 15) is 23.1 Å². The van der Waals surface area contributed by atoms with Gasteiger partial charge in [0.2, 0.25) is 0 Å². The van der Waals surface area contributed by atoms with E-state index in [4.69, 9.17) is 0 Å². The molecule has 1 aromatic heterocycles. The van der Waals surface area contributed by atoms with Crippen LogP contribution >= 0.6 is 0 Å². The van der Waals surface area contributed by atoms with Gasteiger partial charge in [0, 0.05) is 12.4 Å². The smallest absolute Gasteiger partial charge is 0.550 e. The quantitative estimate of drug-likeness (QED) is 0.514. The summed E-state index contributed by atoms with van der Waals surface area (Å²) < 4.78 is 36.7. The maximum atomic E-state index is 12.2. The molecule has 0 fully saturated rings. The summed E-state index contributed by atoms with van der Waals surface area (Å²) in [5.41, 5.74) is -1.74. The Kier molecular flexibility index (Phi) is 5.89. The second-order valence-corrected chi connectivity index (χ2v) is 2.44. The van der Waals surface area contributed by atoms with Crippen molar-refractivity contribution in [2.45, 2.75) is 12.6 Å². The Morgan fingerprint density at radius 3 is 2.53 bits per heavy atom. The van der Waals surface area contributed by atoms with Crippen LogP contribution in [0.2, 0.25) is 0 Å². The Labute approximate surface area is 125 Å². The first-order chi connectivity index (χ1) is 6.41. The third-order valence-electron chi connectivity index (χ3n) is 1.41. The van der Waals surface area contributed by atoms with Gasteiger partial charge >= 0.3 is 57.6 Å². The van der Waals surface area contributed by atoms with Crippen molar-refractivity contribution in [3.63, 3.8) is 0 Å². The fourth-order valence-corrected chi connectivity index (χ4v) is 0.886. The minimum absolute atomic E-state index is 0. The van der Waals surface area contributed by atoms with E-state index in [1.165, 1.54) is 0 Å². The number of carboxylic acids is 1. The van der Waals surface area contributed by atoms with E-state index in [0.717, 1.165) is 6.20 Å². The van der Waals surface area contributed by atoms with Crippen molar-refractivity contribution in [1.82, 2.24) is 10.2 Å². The number of aliphatic carboxylic acids is 1. The molecule has 0 aliphatic heterocycles. The third-order valence-corrected chi connectivity index (χ3v) is 1.41. The molecule has 0 bridgehead atoms. The van der Waals surface area contributed by atoms with E-state index < -0.39 is 29.8 Å².